The lowest BCUT2D eigenvalue weighted by Gasteiger charge is -2.03. The van der Waals surface area contributed by atoms with E-state index >= 15 is 0 Å². The Hall–Kier alpha value is -0.940. The smallest absolute Gasteiger partial charge is 0.179 e. The number of nitrogens with zero attached hydrogens (tertiary/aromatic N) is 1. The monoisotopic (exact) mass is 299 g/mol. The summed E-state index contributed by atoms with van der Waals surface area (Å²) in [6.07, 6.45) is 1.41. The average molecular weight is 300 g/mol. The highest BCUT2D eigenvalue weighted by Crippen LogP contribution is 2.21. The van der Waals surface area contributed by atoms with Gasteiger partial charge in [-0.1, -0.05) is 28.9 Å². The molecule has 0 fully saturated rings. The third-order valence-electron chi connectivity index (χ3n) is 2.36. The summed E-state index contributed by atoms with van der Waals surface area (Å²) >= 11 is 3.35. The number of rotatable bonds is 2. The zero-order valence-electron chi connectivity index (χ0n) is 8.64. The van der Waals surface area contributed by atoms with E-state index in [1.807, 2.05) is 18.2 Å². The molecule has 0 bridgehead atoms. The molecule has 1 aromatic carbocycles. The van der Waals surface area contributed by atoms with E-state index in [9.17, 15) is 8.42 Å². The second-order valence-electron chi connectivity index (χ2n) is 3.41. The van der Waals surface area contributed by atoms with Crippen molar-refractivity contribution in [3.05, 3.63) is 34.9 Å². The quantitative estimate of drug-likeness (QED) is 0.857. The first kappa shape index (κ1) is 11.5. The highest BCUT2D eigenvalue weighted by Gasteiger charge is 2.12. The lowest BCUT2D eigenvalue weighted by Crippen LogP contribution is -2.03. The Morgan fingerprint density at radius 3 is 2.75 bits per heavy atom. The summed E-state index contributed by atoms with van der Waals surface area (Å²) in [7, 11) is -3.17. The van der Waals surface area contributed by atoms with Crippen LogP contribution in [-0.2, 0) is 9.84 Å². The maximum absolute atomic E-state index is 11.7. The Morgan fingerprint density at radius 2 is 2.06 bits per heavy atom. The number of hydrogen-bond donors (Lipinski definition) is 0. The maximum atomic E-state index is 11.7. The van der Waals surface area contributed by atoms with Crippen LogP contribution < -0.4 is 0 Å². The van der Waals surface area contributed by atoms with Crippen molar-refractivity contribution in [2.24, 2.45) is 0 Å². The normalized spacial score (nSPS) is 11.9. The standard InChI is InChI=1S/C11H10BrNO2S/c1-2-16(14,15)10-5-8-3-4-9(12)6-11(8)13-7-10/h3-7H,2H2,1H3. The fourth-order valence-electron chi connectivity index (χ4n) is 1.41. The predicted molar refractivity (Wildman–Crippen MR) is 67.2 cm³/mol. The van der Waals surface area contributed by atoms with E-state index in [1.54, 1.807) is 13.0 Å². The van der Waals surface area contributed by atoms with Gasteiger partial charge in [-0.05, 0) is 18.2 Å². The number of hydrogen-bond acceptors (Lipinski definition) is 3. The molecule has 16 heavy (non-hydrogen) atoms. The minimum Gasteiger partial charge on any atom is -0.255 e. The molecule has 0 aliphatic heterocycles. The van der Waals surface area contributed by atoms with Gasteiger partial charge in [0.25, 0.3) is 0 Å². The molecule has 84 valence electrons. The molecule has 3 nitrogen and oxygen atoms in total. The zero-order valence-corrected chi connectivity index (χ0v) is 11.0. The van der Waals surface area contributed by atoms with Gasteiger partial charge in [0.05, 0.1) is 16.2 Å². The van der Waals surface area contributed by atoms with E-state index in [1.165, 1.54) is 6.20 Å². The van der Waals surface area contributed by atoms with Crippen LogP contribution >= 0.6 is 15.9 Å². The fourth-order valence-corrected chi connectivity index (χ4v) is 2.61. The van der Waals surface area contributed by atoms with Crippen molar-refractivity contribution in [3.8, 4) is 0 Å². The van der Waals surface area contributed by atoms with Crippen molar-refractivity contribution in [2.45, 2.75) is 11.8 Å². The van der Waals surface area contributed by atoms with Crippen LogP contribution in [0.3, 0.4) is 0 Å². The molecule has 0 N–H and O–H groups in total. The van der Waals surface area contributed by atoms with E-state index in [2.05, 4.69) is 20.9 Å². The summed E-state index contributed by atoms with van der Waals surface area (Å²) in [5.74, 6) is 0.0940. The molecule has 0 atom stereocenters. The fraction of sp³-hybridized carbons (Fsp3) is 0.182. The van der Waals surface area contributed by atoms with E-state index in [0.29, 0.717) is 0 Å². The summed E-state index contributed by atoms with van der Waals surface area (Å²) in [6, 6.07) is 7.23. The molecule has 0 amide bonds. The lowest BCUT2D eigenvalue weighted by atomic mass is 10.2. The van der Waals surface area contributed by atoms with Crippen LogP contribution in [0.2, 0.25) is 0 Å². The predicted octanol–water partition coefficient (Wildman–Crippen LogP) is 2.79. The summed E-state index contributed by atoms with van der Waals surface area (Å²) in [5, 5.41) is 0.831. The number of fused-ring (bicyclic) bond motifs is 1. The second-order valence-corrected chi connectivity index (χ2v) is 6.61. The van der Waals surface area contributed by atoms with Gasteiger partial charge in [0, 0.05) is 16.1 Å². The first-order valence-corrected chi connectivity index (χ1v) is 7.25. The molecule has 2 rings (SSSR count). The highest BCUT2D eigenvalue weighted by molar-refractivity contribution is 9.10. The van der Waals surface area contributed by atoms with Crippen molar-refractivity contribution in [2.75, 3.05) is 5.75 Å². The van der Waals surface area contributed by atoms with Crippen LogP contribution in [0.15, 0.2) is 39.8 Å². The number of pyridine rings is 1. The molecule has 0 radical (unpaired) electrons. The van der Waals surface area contributed by atoms with Crippen LogP contribution in [0, 0.1) is 0 Å². The van der Waals surface area contributed by atoms with Gasteiger partial charge in [0.15, 0.2) is 9.84 Å². The Kier molecular flexibility index (Phi) is 2.99. The largest absolute Gasteiger partial charge is 0.255 e. The molecular weight excluding hydrogens is 290 g/mol. The number of sulfone groups is 1. The van der Waals surface area contributed by atoms with Gasteiger partial charge in [0.1, 0.15) is 0 Å². The summed E-state index contributed by atoms with van der Waals surface area (Å²) in [4.78, 5) is 4.43. The summed E-state index contributed by atoms with van der Waals surface area (Å²) < 4.78 is 24.3. The van der Waals surface area contributed by atoms with Crippen molar-refractivity contribution in [3.63, 3.8) is 0 Å². The number of benzene rings is 1. The molecule has 0 saturated carbocycles. The van der Waals surface area contributed by atoms with Gasteiger partial charge in [0.2, 0.25) is 0 Å². The molecule has 2 aromatic rings. The molecule has 0 saturated heterocycles. The van der Waals surface area contributed by atoms with Crippen molar-refractivity contribution in [1.82, 2.24) is 4.98 Å². The highest BCUT2D eigenvalue weighted by atomic mass is 79.9. The Bertz CT molecular complexity index is 637. The summed E-state index contributed by atoms with van der Waals surface area (Å²) in [6.45, 7) is 1.63. The molecule has 5 heteroatoms. The SMILES string of the molecule is CCS(=O)(=O)c1cnc2cc(Br)ccc2c1. The van der Waals surface area contributed by atoms with Crippen molar-refractivity contribution >= 4 is 36.7 Å². The van der Waals surface area contributed by atoms with Gasteiger partial charge in [-0.25, -0.2) is 8.42 Å². The van der Waals surface area contributed by atoms with Gasteiger partial charge in [-0.2, -0.15) is 0 Å². The van der Waals surface area contributed by atoms with Crippen LogP contribution in [0.5, 0.6) is 0 Å². The van der Waals surface area contributed by atoms with E-state index in [-0.39, 0.29) is 10.6 Å². The minimum absolute atomic E-state index is 0.0940. The van der Waals surface area contributed by atoms with Gasteiger partial charge in [-0.15, -0.1) is 0 Å². The summed E-state index contributed by atoms with van der Waals surface area (Å²) in [5.41, 5.74) is 0.782. The minimum atomic E-state index is -3.17. The second kappa shape index (κ2) is 4.14. The molecule has 0 unspecified atom stereocenters. The van der Waals surface area contributed by atoms with E-state index in [4.69, 9.17) is 0 Å². The first-order chi connectivity index (χ1) is 7.53. The Balaban J connectivity index is 2.66. The topological polar surface area (TPSA) is 47.0 Å². The van der Waals surface area contributed by atoms with Crippen LogP contribution in [0.1, 0.15) is 6.92 Å². The van der Waals surface area contributed by atoms with Crippen LogP contribution in [-0.4, -0.2) is 19.2 Å². The van der Waals surface area contributed by atoms with Crippen molar-refractivity contribution in [1.29, 1.82) is 0 Å². The molecule has 1 aromatic heterocycles. The van der Waals surface area contributed by atoms with Gasteiger partial charge < -0.3 is 0 Å². The Morgan fingerprint density at radius 1 is 1.31 bits per heavy atom. The van der Waals surface area contributed by atoms with E-state index in [0.717, 1.165) is 15.4 Å². The van der Waals surface area contributed by atoms with Crippen LogP contribution in [0.25, 0.3) is 10.9 Å². The van der Waals surface area contributed by atoms with Crippen LogP contribution in [0.4, 0.5) is 0 Å². The van der Waals surface area contributed by atoms with E-state index < -0.39 is 9.84 Å². The lowest BCUT2D eigenvalue weighted by molar-refractivity contribution is 0.597. The molecule has 0 aliphatic carbocycles. The number of aromatic nitrogens is 1. The molecule has 0 spiro atoms. The Labute approximate surface area is 103 Å². The maximum Gasteiger partial charge on any atom is 0.179 e. The van der Waals surface area contributed by atoms with Crippen molar-refractivity contribution < 1.29 is 8.42 Å². The first-order valence-electron chi connectivity index (χ1n) is 4.81. The zero-order chi connectivity index (χ0) is 11.8. The van der Waals surface area contributed by atoms with Gasteiger partial charge in [-0.3, -0.25) is 4.98 Å². The number of halogens is 1. The third kappa shape index (κ3) is 2.10. The molecule has 0 aliphatic rings. The molecule has 1 heterocycles. The van der Waals surface area contributed by atoms with Gasteiger partial charge >= 0.3 is 0 Å². The average Bonchev–Trinajstić information content (AvgIpc) is 2.28. The third-order valence-corrected chi connectivity index (χ3v) is 4.56. The molecular formula is C11H10BrNO2S.